The third-order valence-corrected chi connectivity index (χ3v) is 2.26. The molecular formula is C5H2ClIN4. The number of fused-ring (bicyclic) bond motifs is 1. The second-order valence-corrected chi connectivity index (χ2v) is 3.24. The summed E-state index contributed by atoms with van der Waals surface area (Å²) in [7, 11) is 0. The molecule has 0 spiro atoms. The van der Waals surface area contributed by atoms with E-state index in [0.717, 1.165) is 3.70 Å². The normalized spacial score (nSPS) is 10.7. The lowest BCUT2D eigenvalue weighted by atomic mass is 10.7. The largest absolute Gasteiger partial charge is 0.269 e. The molecule has 11 heavy (non-hydrogen) atoms. The van der Waals surface area contributed by atoms with Gasteiger partial charge in [-0.2, -0.15) is 0 Å². The lowest BCUT2D eigenvalue weighted by Gasteiger charge is -1.91. The minimum absolute atomic E-state index is 0.361. The quantitative estimate of drug-likeness (QED) is 0.685. The highest BCUT2D eigenvalue weighted by molar-refractivity contribution is 14.1. The first-order chi connectivity index (χ1) is 5.29. The molecule has 0 radical (unpaired) electrons. The zero-order valence-electron chi connectivity index (χ0n) is 5.20. The Hall–Kier alpha value is -0.430. The van der Waals surface area contributed by atoms with Crippen LogP contribution in [0.2, 0.25) is 5.28 Å². The molecule has 0 bridgehead atoms. The monoisotopic (exact) mass is 280 g/mol. The van der Waals surface area contributed by atoms with Gasteiger partial charge in [-0.1, -0.05) is 0 Å². The molecule has 0 fully saturated rings. The van der Waals surface area contributed by atoms with Crippen LogP contribution in [-0.2, 0) is 0 Å². The number of aromatic nitrogens is 4. The summed E-state index contributed by atoms with van der Waals surface area (Å²) in [5.41, 5.74) is 0.693. The molecule has 0 aliphatic carbocycles. The van der Waals surface area contributed by atoms with Crippen molar-refractivity contribution in [2.24, 2.45) is 0 Å². The van der Waals surface area contributed by atoms with Gasteiger partial charge in [0.15, 0.2) is 5.65 Å². The number of halogens is 2. The molecule has 4 nitrogen and oxygen atoms in total. The number of nitrogens with zero attached hydrogens (tertiary/aromatic N) is 4. The van der Waals surface area contributed by atoms with E-state index in [1.165, 1.54) is 0 Å². The molecule has 6 heteroatoms. The highest BCUT2D eigenvalue weighted by Crippen LogP contribution is 2.11. The van der Waals surface area contributed by atoms with Crippen LogP contribution in [-0.4, -0.2) is 19.6 Å². The number of rotatable bonds is 0. The molecule has 2 heterocycles. The molecule has 0 atom stereocenters. The van der Waals surface area contributed by atoms with Crippen LogP contribution in [0.5, 0.6) is 0 Å². The predicted molar refractivity (Wildman–Crippen MR) is 48.5 cm³/mol. The maximum Gasteiger partial charge on any atom is 0.229 e. The van der Waals surface area contributed by atoms with Gasteiger partial charge in [0.05, 0.1) is 0 Å². The summed E-state index contributed by atoms with van der Waals surface area (Å²) in [5.74, 6) is 0. The molecule has 2 rings (SSSR count). The lowest BCUT2D eigenvalue weighted by Crippen LogP contribution is -1.89. The minimum atomic E-state index is 0.361. The van der Waals surface area contributed by atoms with Crippen LogP contribution in [0.15, 0.2) is 12.4 Å². The molecule has 2 aromatic heterocycles. The summed E-state index contributed by atoms with van der Waals surface area (Å²) in [5, 5.41) is 7.88. The van der Waals surface area contributed by atoms with E-state index in [0.29, 0.717) is 10.9 Å². The first kappa shape index (κ1) is 7.23. The van der Waals surface area contributed by atoms with Crippen molar-refractivity contribution < 1.29 is 0 Å². The summed E-state index contributed by atoms with van der Waals surface area (Å²) in [4.78, 5) is 4.03. The summed E-state index contributed by atoms with van der Waals surface area (Å²) in [6.45, 7) is 0. The Morgan fingerprint density at radius 1 is 1.45 bits per heavy atom. The Morgan fingerprint density at radius 3 is 3.00 bits per heavy atom. The molecule has 0 amide bonds. The molecule has 0 unspecified atom stereocenters. The van der Waals surface area contributed by atoms with Crippen molar-refractivity contribution in [3.63, 3.8) is 0 Å². The third kappa shape index (κ3) is 1.08. The van der Waals surface area contributed by atoms with Crippen molar-refractivity contribution in [2.75, 3.05) is 0 Å². The topological polar surface area (TPSA) is 43.1 Å². The van der Waals surface area contributed by atoms with Gasteiger partial charge in [-0.15, -0.1) is 10.2 Å². The van der Waals surface area contributed by atoms with Crippen LogP contribution in [0.4, 0.5) is 0 Å². The Labute approximate surface area is 80.7 Å². The first-order valence-electron chi connectivity index (χ1n) is 2.80. The van der Waals surface area contributed by atoms with E-state index in [2.05, 4.69) is 37.8 Å². The fourth-order valence-corrected chi connectivity index (χ4v) is 1.47. The maximum absolute atomic E-state index is 5.70. The second-order valence-electron chi connectivity index (χ2n) is 1.88. The van der Waals surface area contributed by atoms with Gasteiger partial charge >= 0.3 is 0 Å². The molecule has 0 N–H and O–H groups in total. The summed E-state index contributed by atoms with van der Waals surface area (Å²) in [6.07, 6.45) is 3.38. The molecule has 56 valence electrons. The summed E-state index contributed by atoms with van der Waals surface area (Å²) < 4.78 is 2.47. The van der Waals surface area contributed by atoms with Crippen molar-refractivity contribution in [3.05, 3.63) is 21.4 Å². The Kier molecular flexibility index (Phi) is 1.68. The minimum Gasteiger partial charge on any atom is -0.269 e. The van der Waals surface area contributed by atoms with Crippen LogP contribution in [0.3, 0.4) is 0 Å². The Bertz CT molecular complexity index is 398. The molecular weight excluding hydrogens is 278 g/mol. The van der Waals surface area contributed by atoms with Gasteiger partial charge in [-0.25, -0.2) is 4.98 Å². The van der Waals surface area contributed by atoms with Gasteiger partial charge < -0.3 is 0 Å². The number of hydrogen-bond acceptors (Lipinski definition) is 3. The Morgan fingerprint density at radius 2 is 2.27 bits per heavy atom. The average molecular weight is 280 g/mol. The fraction of sp³-hybridized carbons (Fsp3) is 0. The van der Waals surface area contributed by atoms with Crippen molar-refractivity contribution in [1.82, 2.24) is 19.6 Å². The van der Waals surface area contributed by atoms with Crippen LogP contribution in [0.1, 0.15) is 0 Å². The van der Waals surface area contributed by atoms with Gasteiger partial charge in [0, 0.05) is 12.4 Å². The van der Waals surface area contributed by atoms with E-state index in [4.69, 9.17) is 11.6 Å². The molecule has 0 saturated heterocycles. The van der Waals surface area contributed by atoms with Gasteiger partial charge in [0.2, 0.25) is 5.28 Å². The highest BCUT2D eigenvalue weighted by Gasteiger charge is 2.04. The molecule has 0 saturated carbocycles. The number of hydrogen-bond donors (Lipinski definition) is 0. The first-order valence-corrected chi connectivity index (χ1v) is 4.25. The van der Waals surface area contributed by atoms with Crippen molar-refractivity contribution in [2.45, 2.75) is 0 Å². The zero-order chi connectivity index (χ0) is 7.84. The Balaban J connectivity index is 2.94. The standard InChI is InChI=1S/C5H2ClIN4/c6-5-10-9-4-3(7)8-1-2-11(4)5/h1-2H. The van der Waals surface area contributed by atoms with E-state index in [9.17, 15) is 0 Å². The molecule has 0 aromatic carbocycles. The van der Waals surface area contributed by atoms with E-state index < -0.39 is 0 Å². The van der Waals surface area contributed by atoms with Crippen LogP contribution < -0.4 is 0 Å². The zero-order valence-corrected chi connectivity index (χ0v) is 8.11. The predicted octanol–water partition coefficient (Wildman–Crippen LogP) is 1.38. The summed E-state index contributed by atoms with van der Waals surface area (Å²) >= 11 is 7.78. The van der Waals surface area contributed by atoms with Gasteiger partial charge in [-0.05, 0) is 34.2 Å². The van der Waals surface area contributed by atoms with Crippen molar-refractivity contribution in [1.29, 1.82) is 0 Å². The van der Waals surface area contributed by atoms with E-state index in [1.54, 1.807) is 16.8 Å². The third-order valence-electron chi connectivity index (χ3n) is 1.24. The van der Waals surface area contributed by atoms with Gasteiger partial charge in [-0.3, -0.25) is 4.40 Å². The smallest absolute Gasteiger partial charge is 0.229 e. The second kappa shape index (κ2) is 2.56. The van der Waals surface area contributed by atoms with Crippen LogP contribution >= 0.6 is 34.2 Å². The average Bonchev–Trinajstić information content (AvgIpc) is 2.35. The molecule has 2 aromatic rings. The van der Waals surface area contributed by atoms with Crippen LogP contribution in [0.25, 0.3) is 5.65 Å². The highest BCUT2D eigenvalue weighted by atomic mass is 127. The van der Waals surface area contributed by atoms with E-state index in [1.807, 2.05) is 0 Å². The summed E-state index contributed by atoms with van der Waals surface area (Å²) in [6, 6.07) is 0. The molecule has 0 aliphatic rings. The van der Waals surface area contributed by atoms with Gasteiger partial charge in [0.25, 0.3) is 0 Å². The molecule has 0 aliphatic heterocycles. The lowest BCUT2D eigenvalue weighted by molar-refractivity contribution is 1.10. The van der Waals surface area contributed by atoms with E-state index in [-0.39, 0.29) is 0 Å². The fourth-order valence-electron chi connectivity index (χ4n) is 0.768. The van der Waals surface area contributed by atoms with Crippen molar-refractivity contribution in [3.8, 4) is 0 Å². The van der Waals surface area contributed by atoms with Gasteiger partial charge in [0.1, 0.15) is 3.70 Å². The SMILES string of the molecule is Clc1nnc2c(I)nccn12. The van der Waals surface area contributed by atoms with E-state index >= 15 is 0 Å². The maximum atomic E-state index is 5.70. The van der Waals surface area contributed by atoms with Crippen molar-refractivity contribution >= 4 is 39.8 Å². The van der Waals surface area contributed by atoms with Crippen LogP contribution in [0, 0.1) is 3.70 Å².